The van der Waals surface area contributed by atoms with Gasteiger partial charge in [-0.2, -0.15) is 0 Å². The number of methoxy groups -OCH3 is 1. The number of ether oxygens (including phenoxy) is 2. The largest absolute Gasteiger partial charge is 0.496 e. The quantitative estimate of drug-likeness (QED) is 0.878. The topological polar surface area (TPSA) is 67.8 Å². The molecule has 5 nitrogen and oxygen atoms in total. The van der Waals surface area contributed by atoms with E-state index in [4.69, 9.17) is 9.47 Å². The number of carbonyl (C=O) groups is 1. The second-order valence-electron chi connectivity index (χ2n) is 5.12. The van der Waals surface area contributed by atoms with Crippen LogP contribution in [0.25, 0.3) is 0 Å². The summed E-state index contributed by atoms with van der Waals surface area (Å²) in [5.74, 6) is 0.609. The van der Waals surface area contributed by atoms with Crippen LogP contribution in [0.1, 0.15) is 32.4 Å². The molecule has 1 rings (SSSR count). The third-order valence-electron chi connectivity index (χ3n) is 2.39. The van der Waals surface area contributed by atoms with Crippen LogP contribution in [0.2, 0.25) is 0 Å². The van der Waals surface area contributed by atoms with Crippen molar-refractivity contribution in [2.75, 3.05) is 13.7 Å². The van der Waals surface area contributed by atoms with E-state index in [1.54, 1.807) is 40.0 Å². The molecular weight excluding hydrogens is 246 g/mol. The van der Waals surface area contributed by atoms with Gasteiger partial charge in [-0.1, -0.05) is 18.2 Å². The molecule has 1 amide bonds. The smallest absolute Gasteiger partial charge is 0.408 e. The van der Waals surface area contributed by atoms with Gasteiger partial charge < -0.3 is 19.9 Å². The van der Waals surface area contributed by atoms with Gasteiger partial charge in [0.1, 0.15) is 11.4 Å². The zero-order valence-corrected chi connectivity index (χ0v) is 11.8. The first-order valence-corrected chi connectivity index (χ1v) is 6.10. The van der Waals surface area contributed by atoms with Gasteiger partial charge in [0.25, 0.3) is 0 Å². The fourth-order valence-electron chi connectivity index (χ4n) is 1.63. The van der Waals surface area contributed by atoms with Gasteiger partial charge in [0.05, 0.1) is 19.8 Å². The second-order valence-corrected chi connectivity index (χ2v) is 5.12. The van der Waals surface area contributed by atoms with Crippen molar-refractivity contribution in [1.82, 2.24) is 5.32 Å². The normalized spacial score (nSPS) is 12.7. The Bertz CT molecular complexity index is 426. The molecule has 1 atom stereocenters. The van der Waals surface area contributed by atoms with Crippen LogP contribution < -0.4 is 10.1 Å². The highest BCUT2D eigenvalue weighted by molar-refractivity contribution is 5.68. The molecule has 0 aliphatic heterocycles. The van der Waals surface area contributed by atoms with Gasteiger partial charge in [-0.3, -0.25) is 0 Å². The molecule has 0 fully saturated rings. The van der Waals surface area contributed by atoms with Crippen LogP contribution in [0.5, 0.6) is 5.75 Å². The molecule has 19 heavy (non-hydrogen) atoms. The third kappa shape index (κ3) is 4.79. The van der Waals surface area contributed by atoms with Crippen LogP contribution in [-0.4, -0.2) is 30.5 Å². The number of nitrogens with one attached hydrogen (secondary N) is 1. The molecule has 0 unspecified atom stereocenters. The van der Waals surface area contributed by atoms with E-state index in [1.165, 1.54) is 0 Å². The Kier molecular flexibility index (Phi) is 5.18. The highest BCUT2D eigenvalue weighted by Crippen LogP contribution is 2.24. The fraction of sp³-hybridized carbons (Fsp3) is 0.500. The molecular formula is C14H21NO4. The van der Waals surface area contributed by atoms with Crippen molar-refractivity contribution in [3.05, 3.63) is 29.8 Å². The van der Waals surface area contributed by atoms with E-state index in [0.29, 0.717) is 11.3 Å². The maximum absolute atomic E-state index is 11.7. The molecule has 106 valence electrons. The molecule has 1 aromatic rings. The average molecular weight is 267 g/mol. The van der Waals surface area contributed by atoms with Gasteiger partial charge in [0.2, 0.25) is 0 Å². The van der Waals surface area contributed by atoms with E-state index >= 15 is 0 Å². The molecule has 2 N–H and O–H groups in total. The lowest BCUT2D eigenvalue weighted by Gasteiger charge is -2.23. The maximum atomic E-state index is 11.7. The Balaban J connectivity index is 2.81. The van der Waals surface area contributed by atoms with E-state index < -0.39 is 17.7 Å². The number of alkyl carbamates (subject to hydrolysis) is 1. The van der Waals surface area contributed by atoms with E-state index in [1.807, 2.05) is 12.1 Å². The first-order valence-electron chi connectivity index (χ1n) is 6.10. The van der Waals surface area contributed by atoms with Crippen LogP contribution in [0.4, 0.5) is 4.79 Å². The van der Waals surface area contributed by atoms with E-state index in [9.17, 15) is 9.90 Å². The number of aliphatic hydroxyl groups is 1. The number of rotatable bonds is 4. The van der Waals surface area contributed by atoms with Crippen molar-refractivity contribution in [3.8, 4) is 5.75 Å². The molecule has 0 aliphatic carbocycles. The molecule has 0 radical (unpaired) electrons. The maximum Gasteiger partial charge on any atom is 0.408 e. The van der Waals surface area contributed by atoms with Crippen molar-refractivity contribution < 1.29 is 19.4 Å². The number of para-hydroxylation sites is 1. The minimum absolute atomic E-state index is 0.236. The molecule has 0 saturated carbocycles. The highest BCUT2D eigenvalue weighted by Gasteiger charge is 2.21. The number of hydrogen-bond donors (Lipinski definition) is 2. The number of carbonyl (C=O) groups excluding carboxylic acids is 1. The first-order chi connectivity index (χ1) is 8.87. The molecule has 0 aromatic heterocycles. The summed E-state index contributed by atoms with van der Waals surface area (Å²) in [6, 6.07) is 6.64. The van der Waals surface area contributed by atoms with Crippen molar-refractivity contribution in [3.63, 3.8) is 0 Å². The Morgan fingerprint density at radius 1 is 1.37 bits per heavy atom. The summed E-state index contributed by atoms with van der Waals surface area (Å²) in [5.41, 5.74) is 0.128. The fourth-order valence-corrected chi connectivity index (χ4v) is 1.63. The number of amides is 1. The Morgan fingerprint density at radius 3 is 2.53 bits per heavy atom. The Hall–Kier alpha value is -1.75. The summed E-state index contributed by atoms with van der Waals surface area (Å²) in [4.78, 5) is 11.7. The summed E-state index contributed by atoms with van der Waals surface area (Å²) >= 11 is 0. The predicted octanol–water partition coefficient (Wildman–Crippen LogP) is 2.25. The van der Waals surface area contributed by atoms with Gasteiger partial charge in [-0.25, -0.2) is 4.79 Å². The molecule has 5 heteroatoms. The summed E-state index contributed by atoms with van der Waals surface area (Å²) in [6.07, 6.45) is -0.572. The standard InChI is InChI=1S/C14H21NO4/c1-14(2,3)19-13(17)15-11(9-16)10-7-5-6-8-12(10)18-4/h5-8,11,16H,9H2,1-4H3,(H,15,17)/t11-/m0/s1. The van der Waals surface area contributed by atoms with Gasteiger partial charge in [0, 0.05) is 5.56 Å². The number of benzene rings is 1. The third-order valence-corrected chi connectivity index (χ3v) is 2.39. The minimum Gasteiger partial charge on any atom is -0.496 e. The van der Waals surface area contributed by atoms with Crippen LogP contribution >= 0.6 is 0 Å². The second kappa shape index (κ2) is 6.43. The monoisotopic (exact) mass is 267 g/mol. The van der Waals surface area contributed by atoms with E-state index in [2.05, 4.69) is 5.32 Å². The van der Waals surface area contributed by atoms with Gasteiger partial charge >= 0.3 is 6.09 Å². The van der Waals surface area contributed by atoms with Crippen LogP contribution in [0, 0.1) is 0 Å². The number of hydrogen-bond acceptors (Lipinski definition) is 4. The molecule has 0 saturated heterocycles. The van der Waals surface area contributed by atoms with Crippen molar-refractivity contribution in [2.45, 2.75) is 32.4 Å². The SMILES string of the molecule is COc1ccccc1[C@H](CO)NC(=O)OC(C)(C)C. The first kappa shape index (κ1) is 15.3. The van der Waals surface area contributed by atoms with Crippen molar-refractivity contribution in [1.29, 1.82) is 0 Å². The Morgan fingerprint density at radius 2 is 2.00 bits per heavy atom. The highest BCUT2D eigenvalue weighted by atomic mass is 16.6. The van der Waals surface area contributed by atoms with E-state index in [-0.39, 0.29) is 6.61 Å². The van der Waals surface area contributed by atoms with Crippen LogP contribution in [0.15, 0.2) is 24.3 Å². The van der Waals surface area contributed by atoms with E-state index in [0.717, 1.165) is 0 Å². The molecule has 0 spiro atoms. The lowest BCUT2D eigenvalue weighted by atomic mass is 10.1. The van der Waals surface area contributed by atoms with Crippen molar-refractivity contribution in [2.24, 2.45) is 0 Å². The average Bonchev–Trinajstić information content (AvgIpc) is 2.33. The molecule has 0 heterocycles. The Labute approximate surface area is 113 Å². The van der Waals surface area contributed by atoms with Crippen molar-refractivity contribution >= 4 is 6.09 Å². The molecule has 0 aliphatic rings. The summed E-state index contributed by atoms with van der Waals surface area (Å²) < 4.78 is 10.4. The zero-order chi connectivity index (χ0) is 14.5. The zero-order valence-electron chi connectivity index (χ0n) is 11.8. The molecule has 1 aromatic carbocycles. The number of aliphatic hydroxyl groups excluding tert-OH is 1. The van der Waals surface area contributed by atoms with Crippen LogP contribution in [0.3, 0.4) is 0 Å². The summed E-state index contributed by atoms with van der Waals surface area (Å²) in [5, 5.41) is 12.0. The van der Waals surface area contributed by atoms with Gasteiger partial charge in [-0.15, -0.1) is 0 Å². The summed E-state index contributed by atoms with van der Waals surface area (Å²) in [7, 11) is 1.54. The van der Waals surface area contributed by atoms with Gasteiger partial charge in [0.15, 0.2) is 0 Å². The minimum atomic E-state index is -0.579. The predicted molar refractivity (Wildman–Crippen MR) is 72.2 cm³/mol. The molecule has 0 bridgehead atoms. The summed E-state index contributed by atoms with van der Waals surface area (Å²) in [6.45, 7) is 5.11. The lowest BCUT2D eigenvalue weighted by Crippen LogP contribution is -2.36. The van der Waals surface area contributed by atoms with Crippen LogP contribution in [-0.2, 0) is 4.74 Å². The van der Waals surface area contributed by atoms with Gasteiger partial charge in [-0.05, 0) is 26.8 Å². The lowest BCUT2D eigenvalue weighted by molar-refractivity contribution is 0.0481.